The van der Waals surface area contributed by atoms with E-state index in [2.05, 4.69) is 6.92 Å². The normalized spacial score (nSPS) is 22.3. The average Bonchev–Trinajstić information content (AvgIpc) is 2.69. The Morgan fingerprint density at radius 3 is 2.47 bits per heavy atom. The molecule has 0 amide bonds. The van der Waals surface area contributed by atoms with E-state index in [-0.39, 0.29) is 24.8 Å². The van der Waals surface area contributed by atoms with Gasteiger partial charge in [-0.15, -0.1) is 5.98 Å². The van der Waals surface area contributed by atoms with Crippen LogP contribution < -0.4 is 0 Å². The van der Waals surface area contributed by atoms with Crippen molar-refractivity contribution in [3.8, 4) is 0 Å². The van der Waals surface area contributed by atoms with Crippen molar-refractivity contribution < 1.29 is 18.9 Å². The predicted molar refractivity (Wildman–Crippen MR) is 63.6 cm³/mol. The summed E-state index contributed by atoms with van der Waals surface area (Å²) in [7, 11) is 0. The zero-order valence-corrected chi connectivity index (χ0v) is 9.85. The smallest absolute Gasteiger partial charge is 0.581 e. The van der Waals surface area contributed by atoms with Gasteiger partial charge >= 0.3 is 18.5 Å². The Bertz CT molecular complexity index is 366. The summed E-state index contributed by atoms with van der Waals surface area (Å²) in [6.07, 6.45) is 8.19. The third-order valence-corrected chi connectivity index (χ3v) is 2.99. The van der Waals surface area contributed by atoms with Crippen molar-refractivity contribution in [2.24, 2.45) is 0 Å². The molecule has 0 aromatic rings. The molecule has 2 saturated heterocycles. The van der Waals surface area contributed by atoms with Gasteiger partial charge in [0.2, 0.25) is 0 Å². The molecule has 2 heterocycles. The average molecular weight is 234 g/mol. The molecule has 4 nitrogen and oxygen atoms in total. The second kappa shape index (κ2) is 4.69. The van der Waals surface area contributed by atoms with E-state index in [1.807, 2.05) is 12.2 Å². The quantitative estimate of drug-likeness (QED) is 0.423. The van der Waals surface area contributed by atoms with E-state index >= 15 is 0 Å². The highest BCUT2D eigenvalue weighted by atomic mass is 16.7. The first-order valence-electron chi connectivity index (χ1n) is 5.94. The van der Waals surface area contributed by atoms with Gasteiger partial charge in [-0.05, 0) is 6.42 Å². The fraction of sp³-hybridized carbons (Fsp3) is 0.417. The summed E-state index contributed by atoms with van der Waals surface area (Å²) in [6.45, 7) is 0.168. The second-order valence-electron chi connectivity index (χ2n) is 4.36. The van der Waals surface area contributed by atoms with E-state index in [4.69, 9.17) is 9.31 Å². The highest BCUT2D eigenvalue weighted by molar-refractivity contribution is 6.84. The molecule has 90 valence electrons. The topological polar surface area (TPSA) is 52.6 Å². The van der Waals surface area contributed by atoms with Gasteiger partial charge in [0, 0.05) is 5.82 Å². The van der Waals surface area contributed by atoms with Crippen LogP contribution in [0, 0.1) is 5.82 Å². The lowest BCUT2D eigenvalue weighted by Crippen LogP contribution is -2.37. The van der Waals surface area contributed by atoms with Crippen LogP contribution in [0.25, 0.3) is 0 Å². The Hall–Kier alpha value is -1.65. The molecule has 0 saturated carbocycles. The van der Waals surface area contributed by atoms with Crippen molar-refractivity contribution in [1.29, 1.82) is 0 Å². The lowest BCUT2D eigenvalue weighted by atomic mass is 9.49. The molecule has 0 aromatic carbocycles. The van der Waals surface area contributed by atoms with Gasteiger partial charge < -0.3 is 9.31 Å². The van der Waals surface area contributed by atoms with E-state index in [1.54, 1.807) is 12.1 Å². The maximum absolute atomic E-state index is 11.2. The first kappa shape index (κ1) is 11.8. The van der Waals surface area contributed by atoms with Crippen LogP contribution in [-0.2, 0) is 18.9 Å². The Labute approximate surface area is 101 Å². The van der Waals surface area contributed by atoms with Gasteiger partial charge in [0.1, 0.15) is 12.8 Å². The third kappa shape index (κ3) is 2.38. The molecular formula is C12H15BO4. The summed E-state index contributed by atoms with van der Waals surface area (Å²) in [5, 5.41) is 0. The SMILES string of the molecule is CCC/C=C/C=C\[B-]12OC(=O)C[C+]1CC(=O)O2. The van der Waals surface area contributed by atoms with Crippen molar-refractivity contribution in [2.75, 3.05) is 0 Å². The van der Waals surface area contributed by atoms with Crippen LogP contribution in [0.15, 0.2) is 24.2 Å². The fourth-order valence-electron chi connectivity index (χ4n) is 2.15. The van der Waals surface area contributed by atoms with Crippen LogP contribution in [-0.4, -0.2) is 18.5 Å². The highest BCUT2D eigenvalue weighted by Gasteiger charge is 2.62. The molecule has 0 unspecified atom stereocenters. The summed E-state index contributed by atoms with van der Waals surface area (Å²) >= 11 is 0. The van der Waals surface area contributed by atoms with Gasteiger partial charge in [-0.25, -0.2) is 0 Å². The molecule has 0 bridgehead atoms. The predicted octanol–water partition coefficient (Wildman–Crippen LogP) is 1.89. The number of hydrogen-bond acceptors (Lipinski definition) is 4. The van der Waals surface area contributed by atoms with Crippen molar-refractivity contribution in [2.45, 2.75) is 32.6 Å². The van der Waals surface area contributed by atoms with E-state index in [1.165, 1.54) is 0 Å². The summed E-state index contributed by atoms with van der Waals surface area (Å²) in [4.78, 5) is 22.5. The molecule has 2 aliphatic heterocycles. The minimum absolute atomic E-state index is 0.203. The molecular weight excluding hydrogens is 219 g/mol. The van der Waals surface area contributed by atoms with E-state index in [0.717, 1.165) is 18.7 Å². The maximum atomic E-state index is 11.2. The zero-order chi connectivity index (χ0) is 12.3. The van der Waals surface area contributed by atoms with Gasteiger partial charge in [0.25, 0.3) is 0 Å². The van der Waals surface area contributed by atoms with Gasteiger partial charge in [-0.2, -0.15) is 0 Å². The molecule has 0 aromatic heterocycles. The standard InChI is InChI=1S/C12H15BO4/c1-2-3-4-5-6-7-13-10(8-11(14)16-13)9-12(15)17-13/h4-7H,2-3,8-9H2,1H3/b5-4+,7-6-. The van der Waals surface area contributed by atoms with Gasteiger partial charge in [0.15, 0.2) is 0 Å². The molecule has 2 fully saturated rings. The Morgan fingerprint density at radius 2 is 1.88 bits per heavy atom. The van der Waals surface area contributed by atoms with Crippen molar-refractivity contribution >= 4 is 18.5 Å². The van der Waals surface area contributed by atoms with Crippen molar-refractivity contribution in [3.05, 3.63) is 30.0 Å². The number of allylic oxidation sites excluding steroid dienone is 3. The highest BCUT2D eigenvalue weighted by Crippen LogP contribution is 2.40. The van der Waals surface area contributed by atoms with Crippen LogP contribution in [0.3, 0.4) is 0 Å². The molecule has 0 aliphatic carbocycles. The van der Waals surface area contributed by atoms with Crippen LogP contribution in [0.1, 0.15) is 32.6 Å². The lowest BCUT2D eigenvalue weighted by molar-refractivity contribution is -0.138. The molecule has 0 N–H and O–H groups in total. The number of unbranched alkanes of at least 4 members (excludes halogenated alkanes) is 1. The number of rotatable bonds is 4. The van der Waals surface area contributed by atoms with Crippen molar-refractivity contribution in [1.82, 2.24) is 0 Å². The van der Waals surface area contributed by atoms with Crippen LogP contribution >= 0.6 is 0 Å². The summed E-state index contributed by atoms with van der Waals surface area (Å²) in [6, 6.07) is 0. The maximum Gasteiger partial charge on any atom is 0.581 e. The molecule has 2 aliphatic rings. The van der Waals surface area contributed by atoms with Crippen LogP contribution in [0.5, 0.6) is 0 Å². The van der Waals surface area contributed by atoms with Gasteiger partial charge in [-0.3, -0.25) is 9.59 Å². The first-order chi connectivity index (χ1) is 8.16. The largest absolute Gasteiger partial charge is 0.610 e. The summed E-state index contributed by atoms with van der Waals surface area (Å²) < 4.78 is 10.3. The van der Waals surface area contributed by atoms with E-state index in [0.29, 0.717) is 0 Å². The Kier molecular flexibility index (Phi) is 3.27. The minimum Gasteiger partial charge on any atom is -0.610 e. The number of carbonyl (C=O) groups is 2. The van der Waals surface area contributed by atoms with Gasteiger partial charge in [-0.1, -0.05) is 31.6 Å². The van der Waals surface area contributed by atoms with E-state index in [9.17, 15) is 9.59 Å². The number of carbonyl (C=O) groups excluding carboxylic acids is 2. The van der Waals surface area contributed by atoms with Gasteiger partial charge in [0.05, 0.1) is 0 Å². The molecule has 5 heteroatoms. The fourth-order valence-corrected chi connectivity index (χ4v) is 2.15. The molecule has 0 spiro atoms. The second-order valence-corrected chi connectivity index (χ2v) is 4.36. The molecule has 17 heavy (non-hydrogen) atoms. The summed E-state index contributed by atoms with van der Waals surface area (Å²) in [5.41, 5.74) is 0. The Balaban J connectivity index is 2.06. The zero-order valence-electron chi connectivity index (χ0n) is 9.85. The minimum atomic E-state index is -1.93. The van der Waals surface area contributed by atoms with Crippen LogP contribution in [0.4, 0.5) is 0 Å². The van der Waals surface area contributed by atoms with E-state index < -0.39 is 6.55 Å². The Morgan fingerprint density at radius 1 is 1.24 bits per heavy atom. The first-order valence-corrected chi connectivity index (χ1v) is 5.94. The number of fused-ring (bicyclic) bond motifs is 1. The van der Waals surface area contributed by atoms with Crippen LogP contribution in [0.2, 0.25) is 0 Å². The molecule has 0 radical (unpaired) electrons. The third-order valence-electron chi connectivity index (χ3n) is 2.99. The molecule has 2 rings (SSSR count). The summed E-state index contributed by atoms with van der Waals surface area (Å²) in [5.74, 6) is 1.83. The number of hydrogen-bond donors (Lipinski definition) is 0. The molecule has 0 atom stereocenters. The monoisotopic (exact) mass is 234 g/mol. The van der Waals surface area contributed by atoms with Crippen molar-refractivity contribution in [3.63, 3.8) is 0 Å². The lowest BCUT2D eigenvalue weighted by Gasteiger charge is -2.20.